The molecule has 0 bridgehead atoms. The zero-order chi connectivity index (χ0) is 15.5. The van der Waals surface area contributed by atoms with Crippen molar-refractivity contribution in [2.24, 2.45) is 5.92 Å². The molecule has 0 unspecified atom stereocenters. The molecular weight excluding hydrogens is 298 g/mol. The molecule has 0 saturated carbocycles. The Morgan fingerprint density at radius 3 is 2.77 bits per heavy atom. The van der Waals surface area contributed by atoms with Crippen LogP contribution < -0.4 is 5.32 Å². The van der Waals surface area contributed by atoms with E-state index in [0.717, 1.165) is 36.8 Å². The molecule has 2 heterocycles. The molecule has 1 N–H and O–H groups in total. The molecule has 0 radical (unpaired) electrons. The Bertz CT molecular complexity index is 570. The van der Waals surface area contributed by atoms with Gasteiger partial charge in [-0.3, -0.25) is 9.59 Å². The zero-order valence-corrected chi connectivity index (χ0v) is 13.6. The van der Waals surface area contributed by atoms with Crippen LogP contribution in [0.25, 0.3) is 0 Å². The van der Waals surface area contributed by atoms with Gasteiger partial charge in [0.25, 0.3) is 0 Å². The van der Waals surface area contributed by atoms with Crippen molar-refractivity contribution in [1.29, 1.82) is 0 Å². The van der Waals surface area contributed by atoms with E-state index >= 15 is 0 Å². The summed E-state index contributed by atoms with van der Waals surface area (Å²) in [7, 11) is 2.06. The number of piperazine rings is 1. The summed E-state index contributed by atoms with van der Waals surface area (Å²) >= 11 is 1.65. The third kappa shape index (κ3) is 3.44. The lowest BCUT2D eigenvalue weighted by Gasteiger charge is -2.33. The van der Waals surface area contributed by atoms with Gasteiger partial charge in [-0.15, -0.1) is 11.8 Å². The number of hydrogen-bond acceptors (Lipinski definition) is 4. The van der Waals surface area contributed by atoms with Gasteiger partial charge >= 0.3 is 0 Å². The Labute approximate surface area is 135 Å². The summed E-state index contributed by atoms with van der Waals surface area (Å²) in [5.41, 5.74) is 0.854. The van der Waals surface area contributed by atoms with Crippen LogP contribution in [-0.2, 0) is 9.59 Å². The number of hydrogen-bond donors (Lipinski definition) is 1. The molecule has 3 rings (SSSR count). The number of benzene rings is 1. The predicted molar refractivity (Wildman–Crippen MR) is 88.0 cm³/mol. The van der Waals surface area contributed by atoms with E-state index in [0.29, 0.717) is 12.2 Å². The Balaban J connectivity index is 1.61. The summed E-state index contributed by atoms with van der Waals surface area (Å²) in [5.74, 6) is 0.451. The highest BCUT2D eigenvalue weighted by molar-refractivity contribution is 7.99. The highest BCUT2D eigenvalue weighted by atomic mass is 32.2. The fraction of sp³-hybridized carbons (Fsp3) is 0.500. The van der Waals surface area contributed by atoms with Crippen molar-refractivity contribution < 1.29 is 9.59 Å². The van der Waals surface area contributed by atoms with Gasteiger partial charge in [-0.1, -0.05) is 12.1 Å². The first kappa shape index (κ1) is 15.4. The number of thioether (sulfide) groups is 1. The molecule has 2 amide bonds. The predicted octanol–water partition coefficient (Wildman–Crippen LogP) is 1.51. The van der Waals surface area contributed by atoms with E-state index < -0.39 is 0 Å². The molecule has 1 saturated heterocycles. The number of carbonyl (C=O) groups is 2. The van der Waals surface area contributed by atoms with E-state index in [4.69, 9.17) is 0 Å². The van der Waals surface area contributed by atoms with E-state index in [1.807, 2.05) is 29.2 Å². The van der Waals surface area contributed by atoms with E-state index in [1.165, 1.54) is 0 Å². The SMILES string of the molecule is CN1CCN(C(=O)C[C@@H]2CSc3ccccc3NC2=O)CC1. The maximum atomic E-state index is 12.4. The maximum Gasteiger partial charge on any atom is 0.228 e. The van der Waals surface area contributed by atoms with Crippen LogP contribution in [0, 0.1) is 5.92 Å². The summed E-state index contributed by atoms with van der Waals surface area (Å²) in [6.45, 7) is 3.33. The van der Waals surface area contributed by atoms with Gasteiger partial charge in [-0.05, 0) is 19.2 Å². The van der Waals surface area contributed by atoms with Crippen LogP contribution in [0.15, 0.2) is 29.2 Å². The summed E-state index contributed by atoms with van der Waals surface area (Å²) in [6, 6.07) is 7.79. The van der Waals surface area contributed by atoms with Gasteiger partial charge in [0.15, 0.2) is 0 Å². The lowest BCUT2D eigenvalue weighted by Crippen LogP contribution is -2.48. The Kier molecular flexibility index (Phi) is 4.69. The molecule has 1 fully saturated rings. The molecule has 5 nitrogen and oxygen atoms in total. The van der Waals surface area contributed by atoms with Crippen molar-refractivity contribution in [2.45, 2.75) is 11.3 Å². The second-order valence-corrected chi connectivity index (χ2v) is 6.94. The van der Waals surface area contributed by atoms with Crippen LogP contribution in [0.4, 0.5) is 5.69 Å². The molecule has 1 atom stereocenters. The van der Waals surface area contributed by atoms with Crippen LogP contribution >= 0.6 is 11.8 Å². The largest absolute Gasteiger partial charge is 0.340 e. The molecule has 22 heavy (non-hydrogen) atoms. The molecule has 2 aliphatic rings. The van der Waals surface area contributed by atoms with Gasteiger partial charge in [-0.2, -0.15) is 0 Å². The number of likely N-dealkylation sites (N-methyl/N-ethyl adjacent to an activating group) is 1. The van der Waals surface area contributed by atoms with Crippen molar-refractivity contribution in [3.8, 4) is 0 Å². The minimum Gasteiger partial charge on any atom is -0.340 e. The summed E-state index contributed by atoms with van der Waals surface area (Å²) in [4.78, 5) is 29.9. The Morgan fingerprint density at radius 1 is 1.27 bits per heavy atom. The monoisotopic (exact) mass is 319 g/mol. The first-order chi connectivity index (χ1) is 10.6. The molecule has 2 aliphatic heterocycles. The third-order valence-electron chi connectivity index (χ3n) is 4.23. The van der Waals surface area contributed by atoms with Gasteiger partial charge in [0.05, 0.1) is 11.6 Å². The van der Waals surface area contributed by atoms with Gasteiger partial charge in [0, 0.05) is 43.2 Å². The van der Waals surface area contributed by atoms with E-state index in [2.05, 4.69) is 17.3 Å². The first-order valence-electron chi connectivity index (χ1n) is 7.62. The van der Waals surface area contributed by atoms with Crippen molar-refractivity contribution in [3.05, 3.63) is 24.3 Å². The fourth-order valence-electron chi connectivity index (χ4n) is 2.74. The zero-order valence-electron chi connectivity index (χ0n) is 12.7. The number of carbonyl (C=O) groups excluding carboxylic acids is 2. The topological polar surface area (TPSA) is 52.6 Å². The van der Waals surface area contributed by atoms with Crippen LogP contribution in [0.5, 0.6) is 0 Å². The standard InChI is InChI=1S/C16H21N3O2S/c1-18-6-8-19(9-7-18)15(20)10-12-11-22-14-5-3-2-4-13(14)17-16(12)21/h2-5,12H,6-11H2,1H3,(H,17,21)/t12-/m1/s1. The minimum absolute atomic E-state index is 0.0417. The van der Waals surface area contributed by atoms with E-state index in [1.54, 1.807) is 11.8 Å². The van der Waals surface area contributed by atoms with Gasteiger partial charge < -0.3 is 15.1 Å². The second kappa shape index (κ2) is 6.71. The summed E-state index contributed by atoms with van der Waals surface area (Å²) in [5, 5.41) is 2.95. The van der Waals surface area contributed by atoms with Gasteiger partial charge in [0.2, 0.25) is 11.8 Å². The quantitative estimate of drug-likeness (QED) is 0.898. The summed E-state index contributed by atoms with van der Waals surface area (Å²) < 4.78 is 0. The van der Waals surface area contributed by atoms with E-state index in [-0.39, 0.29) is 17.7 Å². The smallest absolute Gasteiger partial charge is 0.228 e. The molecule has 118 valence electrons. The molecule has 1 aromatic carbocycles. The number of para-hydroxylation sites is 1. The molecule has 0 spiro atoms. The van der Waals surface area contributed by atoms with Crippen molar-refractivity contribution in [1.82, 2.24) is 9.80 Å². The fourth-order valence-corrected chi connectivity index (χ4v) is 3.84. The number of amides is 2. The number of rotatable bonds is 2. The Hall–Kier alpha value is -1.53. The highest BCUT2D eigenvalue weighted by Gasteiger charge is 2.29. The second-order valence-electron chi connectivity index (χ2n) is 5.88. The number of nitrogens with zero attached hydrogens (tertiary/aromatic N) is 2. The van der Waals surface area contributed by atoms with Crippen LogP contribution in [-0.4, -0.2) is 60.6 Å². The normalized spacial score (nSPS) is 22.7. The van der Waals surface area contributed by atoms with Crippen LogP contribution in [0.3, 0.4) is 0 Å². The lowest BCUT2D eigenvalue weighted by atomic mass is 10.1. The highest BCUT2D eigenvalue weighted by Crippen LogP contribution is 2.33. The number of nitrogens with one attached hydrogen (secondary N) is 1. The van der Waals surface area contributed by atoms with E-state index in [9.17, 15) is 9.59 Å². The average Bonchev–Trinajstić information content (AvgIpc) is 2.67. The van der Waals surface area contributed by atoms with Crippen LogP contribution in [0.1, 0.15) is 6.42 Å². The molecular formula is C16H21N3O2S. The van der Waals surface area contributed by atoms with Crippen molar-refractivity contribution in [2.75, 3.05) is 44.3 Å². The average molecular weight is 319 g/mol. The molecule has 1 aromatic rings. The lowest BCUT2D eigenvalue weighted by molar-refractivity contribution is -0.135. The number of fused-ring (bicyclic) bond motifs is 1. The first-order valence-corrected chi connectivity index (χ1v) is 8.61. The Morgan fingerprint density at radius 2 is 2.00 bits per heavy atom. The molecule has 0 aromatic heterocycles. The van der Waals surface area contributed by atoms with Crippen molar-refractivity contribution in [3.63, 3.8) is 0 Å². The van der Waals surface area contributed by atoms with Gasteiger partial charge in [0.1, 0.15) is 0 Å². The number of anilines is 1. The maximum absolute atomic E-state index is 12.4. The molecule has 6 heteroatoms. The van der Waals surface area contributed by atoms with Gasteiger partial charge in [-0.25, -0.2) is 0 Å². The van der Waals surface area contributed by atoms with Crippen LogP contribution in [0.2, 0.25) is 0 Å². The summed E-state index contributed by atoms with van der Waals surface area (Å²) in [6.07, 6.45) is 0.302. The third-order valence-corrected chi connectivity index (χ3v) is 5.47. The minimum atomic E-state index is -0.260. The molecule has 0 aliphatic carbocycles. The van der Waals surface area contributed by atoms with Crippen molar-refractivity contribution >= 4 is 29.3 Å².